The molecule has 0 heterocycles. The molecule has 1 nitrogen and oxygen atoms in total. The maximum atomic E-state index is 9.64. The highest BCUT2D eigenvalue weighted by Gasteiger charge is 2.33. The molecule has 1 aliphatic rings. The van der Waals surface area contributed by atoms with Gasteiger partial charge in [0.05, 0.1) is 6.10 Å². The largest absolute Gasteiger partial charge is 0.393 e. The van der Waals surface area contributed by atoms with Crippen molar-refractivity contribution in [3.63, 3.8) is 0 Å². The van der Waals surface area contributed by atoms with E-state index in [4.69, 9.17) is 0 Å². The predicted octanol–water partition coefficient (Wildman–Crippen LogP) is 2.58. The normalized spacial score (nSPS) is 45.8. The van der Waals surface area contributed by atoms with Crippen LogP contribution in [0.5, 0.6) is 0 Å². The van der Waals surface area contributed by atoms with Crippen molar-refractivity contribution in [3.05, 3.63) is 0 Å². The van der Waals surface area contributed by atoms with Gasteiger partial charge in [0, 0.05) is 0 Å². The second-order valence-electron chi connectivity index (χ2n) is 4.45. The minimum atomic E-state index is -0.0475. The fourth-order valence-electron chi connectivity index (χ4n) is 1.90. The van der Waals surface area contributed by atoms with E-state index in [9.17, 15) is 5.11 Å². The van der Waals surface area contributed by atoms with Crippen LogP contribution in [0.25, 0.3) is 0 Å². The molecule has 0 saturated heterocycles. The van der Waals surface area contributed by atoms with E-state index in [0.717, 1.165) is 6.42 Å². The smallest absolute Gasteiger partial charge is 0.0571 e. The summed E-state index contributed by atoms with van der Waals surface area (Å²) < 4.78 is 0. The first kappa shape index (κ1) is 9.05. The summed E-state index contributed by atoms with van der Waals surface area (Å²) in [5, 5.41) is 9.64. The van der Waals surface area contributed by atoms with Crippen LogP contribution < -0.4 is 0 Å². The first-order valence-corrected chi connectivity index (χ1v) is 4.75. The first-order chi connectivity index (χ1) is 5.07. The summed E-state index contributed by atoms with van der Waals surface area (Å²) in [6.07, 6.45) is 4.66. The van der Waals surface area contributed by atoms with Crippen molar-refractivity contribution in [2.24, 2.45) is 11.3 Å². The molecule has 1 rings (SSSR count). The second-order valence-corrected chi connectivity index (χ2v) is 4.45. The van der Waals surface area contributed by atoms with Gasteiger partial charge in [-0.1, -0.05) is 27.2 Å². The summed E-state index contributed by atoms with van der Waals surface area (Å²) >= 11 is 0. The third-order valence-electron chi connectivity index (χ3n) is 3.42. The lowest BCUT2D eigenvalue weighted by Gasteiger charge is -2.38. The summed E-state index contributed by atoms with van der Waals surface area (Å²) in [5.74, 6) is 0.523. The van der Waals surface area contributed by atoms with Crippen molar-refractivity contribution >= 4 is 0 Å². The number of hydrogen-bond acceptors (Lipinski definition) is 1. The number of hydrogen-bond donors (Lipinski definition) is 1. The van der Waals surface area contributed by atoms with Gasteiger partial charge in [-0.3, -0.25) is 0 Å². The lowest BCUT2D eigenvalue weighted by Crippen LogP contribution is -2.33. The Morgan fingerprint density at radius 2 is 2.18 bits per heavy atom. The van der Waals surface area contributed by atoms with E-state index in [1.54, 1.807) is 0 Å². The molecule has 0 radical (unpaired) electrons. The molecule has 0 spiro atoms. The van der Waals surface area contributed by atoms with Gasteiger partial charge in [-0.15, -0.1) is 0 Å². The van der Waals surface area contributed by atoms with Gasteiger partial charge in [0.2, 0.25) is 0 Å². The molecular weight excluding hydrogens is 136 g/mol. The van der Waals surface area contributed by atoms with Crippen molar-refractivity contribution in [2.75, 3.05) is 0 Å². The van der Waals surface area contributed by atoms with E-state index in [1.807, 2.05) is 0 Å². The number of aliphatic hydroxyl groups is 1. The van der Waals surface area contributed by atoms with E-state index in [1.165, 1.54) is 19.3 Å². The van der Waals surface area contributed by atoms with Gasteiger partial charge in [0.25, 0.3) is 0 Å². The van der Waals surface area contributed by atoms with Crippen LogP contribution in [0, 0.1) is 11.3 Å². The first-order valence-electron chi connectivity index (χ1n) is 4.75. The maximum absolute atomic E-state index is 9.64. The maximum Gasteiger partial charge on any atom is 0.0571 e. The van der Waals surface area contributed by atoms with E-state index in [-0.39, 0.29) is 6.10 Å². The second kappa shape index (κ2) is 3.14. The Labute approximate surface area is 69.8 Å². The topological polar surface area (TPSA) is 20.2 Å². The molecular formula is C10H20O. The lowest BCUT2D eigenvalue weighted by atomic mass is 9.69. The van der Waals surface area contributed by atoms with Crippen LogP contribution in [0.4, 0.5) is 0 Å². The Bertz CT molecular complexity index is 133. The van der Waals surface area contributed by atoms with Gasteiger partial charge in [-0.25, -0.2) is 0 Å². The molecule has 0 aromatic carbocycles. The monoisotopic (exact) mass is 156 g/mol. The van der Waals surface area contributed by atoms with Gasteiger partial charge < -0.3 is 5.11 Å². The average molecular weight is 156 g/mol. The molecule has 0 aromatic heterocycles. The van der Waals surface area contributed by atoms with Gasteiger partial charge >= 0.3 is 0 Å². The molecule has 1 N–H and O–H groups in total. The van der Waals surface area contributed by atoms with Crippen LogP contribution in [-0.2, 0) is 0 Å². The molecule has 66 valence electrons. The number of aliphatic hydroxyl groups excluding tert-OH is 1. The molecule has 0 aliphatic heterocycles. The standard InChI is InChI=1S/C10H20O/c1-4-10(3)6-5-8(2)9(11)7-10/h8-9,11H,4-7H2,1-3H3/t8-,9+,10+/m0/s1. The Hall–Kier alpha value is -0.0400. The summed E-state index contributed by atoms with van der Waals surface area (Å²) in [7, 11) is 0. The minimum absolute atomic E-state index is 0.0475. The molecule has 0 aromatic rings. The van der Waals surface area contributed by atoms with Gasteiger partial charge in [0.15, 0.2) is 0 Å². The van der Waals surface area contributed by atoms with Gasteiger partial charge in [-0.05, 0) is 30.6 Å². The third kappa shape index (κ3) is 1.96. The van der Waals surface area contributed by atoms with Crippen LogP contribution in [0.1, 0.15) is 46.5 Å². The summed E-state index contributed by atoms with van der Waals surface area (Å²) in [6.45, 7) is 6.67. The molecule has 0 amide bonds. The summed E-state index contributed by atoms with van der Waals surface area (Å²) in [6, 6.07) is 0. The van der Waals surface area contributed by atoms with Crippen LogP contribution in [0.2, 0.25) is 0 Å². The Kier molecular flexibility index (Phi) is 2.58. The molecule has 1 aliphatic carbocycles. The van der Waals surface area contributed by atoms with E-state index < -0.39 is 0 Å². The van der Waals surface area contributed by atoms with E-state index in [0.29, 0.717) is 11.3 Å². The van der Waals surface area contributed by atoms with Crippen molar-refractivity contribution in [2.45, 2.75) is 52.6 Å². The van der Waals surface area contributed by atoms with Gasteiger partial charge in [-0.2, -0.15) is 0 Å². The Balaban J connectivity index is 2.51. The predicted molar refractivity (Wildman–Crippen MR) is 47.4 cm³/mol. The highest BCUT2D eigenvalue weighted by atomic mass is 16.3. The van der Waals surface area contributed by atoms with Crippen molar-refractivity contribution in [3.8, 4) is 0 Å². The van der Waals surface area contributed by atoms with E-state index >= 15 is 0 Å². The van der Waals surface area contributed by atoms with Crippen LogP contribution >= 0.6 is 0 Å². The zero-order chi connectivity index (χ0) is 8.48. The molecule has 3 atom stereocenters. The zero-order valence-electron chi connectivity index (χ0n) is 7.93. The fourth-order valence-corrected chi connectivity index (χ4v) is 1.90. The quantitative estimate of drug-likeness (QED) is 0.618. The third-order valence-corrected chi connectivity index (χ3v) is 3.42. The average Bonchev–Trinajstić information content (AvgIpc) is 1.98. The Morgan fingerprint density at radius 3 is 2.64 bits per heavy atom. The van der Waals surface area contributed by atoms with Crippen LogP contribution in [0.3, 0.4) is 0 Å². The molecule has 0 bridgehead atoms. The van der Waals surface area contributed by atoms with Crippen molar-refractivity contribution in [1.82, 2.24) is 0 Å². The molecule has 1 heteroatoms. The molecule has 1 fully saturated rings. The zero-order valence-corrected chi connectivity index (χ0v) is 7.93. The van der Waals surface area contributed by atoms with Gasteiger partial charge in [0.1, 0.15) is 0 Å². The Morgan fingerprint density at radius 1 is 1.55 bits per heavy atom. The number of rotatable bonds is 1. The fraction of sp³-hybridized carbons (Fsp3) is 1.00. The van der Waals surface area contributed by atoms with Crippen molar-refractivity contribution in [1.29, 1.82) is 0 Å². The van der Waals surface area contributed by atoms with Crippen LogP contribution in [0.15, 0.2) is 0 Å². The molecule has 1 saturated carbocycles. The highest BCUT2D eigenvalue weighted by Crippen LogP contribution is 2.40. The highest BCUT2D eigenvalue weighted by molar-refractivity contribution is 4.84. The van der Waals surface area contributed by atoms with E-state index in [2.05, 4.69) is 20.8 Å². The molecule has 0 unspecified atom stereocenters. The van der Waals surface area contributed by atoms with Crippen LogP contribution in [-0.4, -0.2) is 11.2 Å². The summed E-state index contributed by atoms with van der Waals surface area (Å²) in [4.78, 5) is 0. The SMILES string of the molecule is CC[C@]1(C)CC[C@H](C)[C@H](O)C1. The molecule has 11 heavy (non-hydrogen) atoms. The lowest BCUT2D eigenvalue weighted by molar-refractivity contribution is 0.0137. The summed E-state index contributed by atoms with van der Waals surface area (Å²) in [5.41, 5.74) is 0.423. The van der Waals surface area contributed by atoms with Crippen molar-refractivity contribution < 1.29 is 5.11 Å². The minimum Gasteiger partial charge on any atom is -0.393 e.